The number of hydrogen-bond donors (Lipinski definition) is 0. The van der Waals surface area contributed by atoms with Crippen LogP contribution in [-0.4, -0.2) is 9.97 Å². The second kappa shape index (κ2) is 14.1. The van der Waals surface area contributed by atoms with Crippen molar-refractivity contribution < 1.29 is 0 Å². The minimum Gasteiger partial charge on any atom is -0.228 e. The summed E-state index contributed by atoms with van der Waals surface area (Å²) in [6.07, 6.45) is 6.11. The third-order valence-electron chi connectivity index (χ3n) is 11.9. The highest BCUT2D eigenvalue weighted by Gasteiger charge is 2.44. The number of hydrogen-bond acceptors (Lipinski definition) is 3. The number of benzene rings is 7. The zero-order chi connectivity index (χ0) is 37.5. The molecule has 56 heavy (non-hydrogen) atoms. The highest BCUT2D eigenvalue weighted by molar-refractivity contribution is 5.94. The van der Waals surface area contributed by atoms with Crippen LogP contribution < -0.4 is 0 Å². The lowest BCUT2D eigenvalue weighted by atomic mass is 9.67. The summed E-state index contributed by atoms with van der Waals surface area (Å²) >= 11 is 0. The van der Waals surface area contributed by atoms with Crippen LogP contribution in [-0.2, 0) is 5.41 Å². The zero-order valence-electron chi connectivity index (χ0n) is 31.1. The van der Waals surface area contributed by atoms with E-state index >= 15 is 0 Å². The summed E-state index contributed by atoms with van der Waals surface area (Å²) in [7, 11) is 0. The van der Waals surface area contributed by atoms with Crippen LogP contribution in [0.4, 0.5) is 0 Å². The van der Waals surface area contributed by atoms with Crippen LogP contribution in [0.2, 0.25) is 0 Å². The van der Waals surface area contributed by atoms with Crippen LogP contribution in [0.5, 0.6) is 0 Å². The van der Waals surface area contributed by atoms with E-state index in [2.05, 4.69) is 140 Å². The summed E-state index contributed by atoms with van der Waals surface area (Å²) in [4.78, 5) is 10.0. The van der Waals surface area contributed by atoms with Crippen LogP contribution in [0, 0.1) is 11.3 Å². The molecular weight excluding hydrogens is 679 g/mol. The number of aromatic nitrogens is 2. The van der Waals surface area contributed by atoms with Crippen molar-refractivity contribution in [2.24, 2.45) is 0 Å². The van der Waals surface area contributed by atoms with Crippen LogP contribution in [0.25, 0.3) is 78.4 Å². The molecule has 10 rings (SSSR count). The number of nitriles is 1. The van der Waals surface area contributed by atoms with Gasteiger partial charge in [-0.15, -0.1) is 0 Å². The predicted octanol–water partition coefficient (Wildman–Crippen LogP) is 13.6. The first kappa shape index (κ1) is 33.7. The minimum atomic E-state index is 0.0412. The minimum absolute atomic E-state index is 0.0412. The molecule has 0 radical (unpaired) electrons. The van der Waals surface area contributed by atoms with Crippen molar-refractivity contribution in [3.63, 3.8) is 0 Å². The largest absolute Gasteiger partial charge is 0.228 e. The van der Waals surface area contributed by atoms with Gasteiger partial charge < -0.3 is 0 Å². The fraction of sp³-hybridized carbons (Fsp3) is 0.113. The van der Waals surface area contributed by atoms with Gasteiger partial charge in [-0.3, -0.25) is 0 Å². The first-order valence-electron chi connectivity index (χ1n) is 19.7. The van der Waals surface area contributed by atoms with Gasteiger partial charge in [-0.1, -0.05) is 165 Å². The molecule has 0 aliphatic heterocycles. The molecule has 7 aromatic carbocycles. The van der Waals surface area contributed by atoms with E-state index in [-0.39, 0.29) is 5.41 Å². The normalized spacial score (nSPS) is 13.8. The lowest BCUT2D eigenvalue weighted by molar-refractivity contribution is 0.353. The first-order chi connectivity index (χ1) is 27.7. The van der Waals surface area contributed by atoms with Gasteiger partial charge >= 0.3 is 0 Å². The Morgan fingerprint density at radius 3 is 1.66 bits per heavy atom. The van der Waals surface area contributed by atoms with Crippen molar-refractivity contribution in [3.8, 4) is 84.5 Å². The molecule has 0 atom stereocenters. The van der Waals surface area contributed by atoms with Crippen molar-refractivity contribution in [1.82, 2.24) is 9.97 Å². The predicted molar refractivity (Wildman–Crippen MR) is 229 cm³/mol. The van der Waals surface area contributed by atoms with Gasteiger partial charge in [0.2, 0.25) is 0 Å². The third-order valence-corrected chi connectivity index (χ3v) is 11.9. The van der Waals surface area contributed by atoms with Crippen molar-refractivity contribution in [2.75, 3.05) is 0 Å². The van der Waals surface area contributed by atoms with Gasteiger partial charge in [0, 0.05) is 22.1 Å². The average Bonchev–Trinajstić information content (AvgIpc) is 3.55. The Morgan fingerprint density at radius 2 is 0.982 bits per heavy atom. The van der Waals surface area contributed by atoms with Crippen molar-refractivity contribution in [2.45, 2.75) is 37.5 Å². The quantitative estimate of drug-likeness (QED) is 0.172. The number of nitrogens with zero attached hydrogens (tertiary/aromatic N) is 3. The van der Waals surface area contributed by atoms with Gasteiger partial charge in [-0.05, 0) is 98.8 Å². The zero-order valence-corrected chi connectivity index (χ0v) is 31.1. The lowest BCUT2D eigenvalue weighted by Crippen LogP contribution is -2.28. The van der Waals surface area contributed by atoms with E-state index in [9.17, 15) is 5.26 Å². The van der Waals surface area contributed by atoms with Crippen LogP contribution in [0.1, 0.15) is 48.8 Å². The first-order valence-corrected chi connectivity index (χ1v) is 19.7. The Kier molecular flexibility index (Phi) is 8.46. The molecule has 8 aromatic rings. The van der Waals surface area contributed by atoms with E-state index in [0.717, 1.165) is 44.8 Å². The monoisotopic (exact) mass is 717 g/mol. The van der Waals surface area contributed by atoms with Gasteiger partial charge in [0.1, 0.15) is 0 Å². The van der Waals surface area contributed by atoms with E-state index in [4.69, 9.17) is 9.97 Å². The van der Waals surface area contributed by atoms with E-state index in [1.807, 2.05) is 42.5 Å². The molecule has 1 fully saturated rings. The van der Waals surface area contributed by atoms with Gasteiger partial charge in [0.15, 0.2) is 5.82 Å². The Balaban J connectivity index is 0.987. The molecule has 0 bridgehead atoms. The molecule has 1 spiro atoms. The summed E-state index contributed by atoms with van der Waals surface area (Å²) in [5, 5.41) is 9.87. The number of rotatable bonds is 6. The molecule has 1 aromatic heterocycles. The molecule has 0 N–H and O–H groups in total. The Hall–Kier alpha value is -6.89. The van der Waals surface area contributed by atoms with Gasteiger partial charge in [0.05, 0.1) is 23.0 Å². The maximum Gasteiger partial charge on any atom is 0.160 e. The second-order valence-electron chi connectivity index (χ2n) is 15.2. The summed E-state index contributed by atoms with van der Waals surface area (Å²) < 4.78 is 0. The van der Waals surface area contributed by atoms with Gasteiger partial charge in [-0.2, -0.15) is 5.26 Å². The molecule has 3 heteroatoms. The fourth-order valence-electron chi connectivity index (χ4n) is 9.21. The average molecular weight is 718 g/mol. The van der Waals surface area contributed by atoms with Crippen molar-refractivity contribution in [3.05, 3.63) is 193 Å². The highest BCUT2D eigenvalue weighted by atomic mass is 14.9. The molecule has 2 aliphatic rings. The number of fused-ring (bicyclic) bond motifs is 5. The molecule has 1 heterocycles. The topological polar surface area (TPSA) is 49.6 Å². The van der Waals surface area contributed by atoms with E-state index in [0.29, 0.717) is 5.82 Å². The molecule has 1 saturated carbocycles. The van der Waals surface area contributed by atoms with E-state index in [1.54, 1.807) is 0 Å². The van der Waals surface area contributed by atoms with E-state index in [1.165, 1.54) is 76.6 Å². The van der Waals surface area contributed by atoms with Crippen LogP contribution in [0.15, 0.2) is 176 Å². The molecule has 266 valence electrons. The smallest absolute Gasteiger partial charge is 0.160 e. The molecule has 2 aliphatic carbocycles. The maximum absolute atomic E-state index is 9.87. The molecular formula is C53H39N3. The summed E-state index contributed by atoms with van der Waals surface area (Å²) in [6, 6.07) is 64.7. The maximum atomic E-state index is 9.87. The molecule has 0 unspecified atom stereocenters. The van der Waals surface area contributed by atoms with Gasteiger partial charge in [0.25, 0.3) is 0 Å². The third kappa shape index (κ3) is 5.92. The summed E-state index contributed by atoms with van der Waals surface area (Å²) in [6.45, 7) is 0. The van der Waals surface area contributed by atoms with Crippen LogP contribution in [0.3, 0.4) is 0 Å². The van der Waals surface area contributed by atoms with Crippen LogP contribution >= 0.6 is 0 Å². The molecule has 3 nitrogen and oxygen atoms in total. The fourth-order valence-corrected chi connectivity index (χ4v) is 9.21. The SMILES string of the molecule is N#Cc1ccc2c(c1)-c1c(-c3cccc(-c4ccc(-c5cccc(-c6cc(-c7ccccc7)nc(-c7ccccc7)n6)c5)cc4)c3)cccc1C21CCCCC1. The van der Waals surface area contributed by atoms with Crippen molar-refractivity contribution >= 4 is 0 Å². The Labute approximate surface area is 328 Å². The second-order valence-corrected chi connectivity index (χ2v) is 15.2. The van der Waals surface area contributed by atoms with E-state index < -0.39 is 0 Å². The van der Waals surface area contributed by atoms with Crippen molar-refractivity contribution in [1.29, 1.82) is 5.26 Å². The summed E-state index contributed by atoms with van der Waals surface area (Å²) in [5.74, 6) is 0.712. The Bertz CT molecular complexity index is 2710. The standard InChI is InChI=1S/C53H39N3/c54-35-36-23-28-47-46(31-36)51-45(21-12-22-48(51)53(47)29-8-3-9-30-53)43-19-10-17-41(32-43)37-24-26-38(27-25-37)42-18-11-20-44(33-42)50-34-49(39-13-4-1-5-14-39)55-52(56-50)40-15-6-2-7-16-40/h1-2,4-7,10-28,31-34H,3,8-9,29-30H2. The molecule has 0 amide bonds. The summed E-state index contributed by atoms with van der Waals surface area (Å²) in [5.41, 5.74) is 18.1. The highest BCUT2D eigenvalue weighted by Crippen LogP contribution is 2.58. The lowest BCUT2D eigenvalue weighted by Gasteiger charge is -2.36. The van der Waals surface area contributed by atoms with Gasteiger partial charge in [-0.25, -0.2) is 9.97 Å². The Morgan fingerprint density at radius 1 is 0.411 bits per heavy atom. The molecule has 0 saturated heterocycles.